The van der Waals surface area contributed by atoms with Crippen LogP contribution in [0.15, 0.2) is 67.0 Å². The van der Waals surface area contributed by atoms with Gasteiger partial charge in [-0.05, 0) is 50.2 Å². The van der Waals surface area contributed by atoms with Crippen molar-refractivity contribution < 1.29 is 23.1 Å². The molecule has 158 valence electrons. The van der Waals surface area contributed by atoms with Crippen LogP contribution in [-0.4, -0.2) is 18.7 Å². The van der Waals surface area contributed by atoms with Crippen LogP contribution in [0.3, 0.4) is 0 Å². The van der Waals surface area contributed by atoms with E-state index in [-0.39, 0.29) is 23.9 Å². The molecule has 4 aromatic rings. The third-order valence-corrected chi connectivity index (χ3v) is 4.66. The third kappa shape index (κ3) is 4.46. The minimum Gasteiger partial charge on any atom is -0.482 e. The number of benzene rings is 2. The Kier molecular flexibility index (Phi) is 5.52. The summed E-state index contributed by atoms with van der Waals surface area (Å²) >= 11 is 6.04. The molecule has 0 unspecified atom stereocenters. The van der Waals surface area contributed by atoms with E-state index in [9.17, 15) is 14.4 Å². The maximum Gasteiger partial charge on any atom is 0.344 e. The van der Waals surface area contributed by atoms with Gasteiger partial charge in [-0.2, -0.15) is 0 Å². The van der Waals surface area contributed by atoms with E-state index in [0.29, 0.717) is 32.7 Å². The molecule has 0 saturated heterocycles. The fraction of sp³-hybridized carbons (Fsp3) is 0.174. The van der Waals surface area contributed by atoms with Gasteiger partial charge in [0.1, 0.15) is 16.9 Å². The number of rotatable bonds is 5. The van der Waals surface area contributed by atoms with Crippen molar-refractivity contribution in [1.29, 1.82) is 0 Å². The van der Waals surface area contributed by atoms with Crippen molar-refractivity contribution in [2.75, 3.05) is 6.61 Å². The van der Waals surface area contributed by atoms with Crippen molar-refractivity contribution in [2.24, 2.45) is 0 Å². The van der Waals surface area contributed by atoms with Crippen LogP contribution < -0.4 is 16.0 Å². The molecule has 0 amide bonds. The van der Waals surface area contributed by atoms with E-state index in [2.05, 4.69) is 0 Å². The fourth-order valence-electron chi connectivity index (χ4n) is 3.18. The quantitative estimate of drug-likeness (QED) is 0.331. The molecule has 0 atom stereocenters. The number of hydrogen-bond donors (Lipinski definition) is 0. The Morgan fingerprint density at radius 1 is 0.968 bits per heavy atom. The average Bonchev–Trinajstić information content (AvgIpc) is 2.70. The van der Waals surface area contributed by atoms with E-state index in [1.807, 2.05) is 0 Å². The summed E-state index contributed by atoms with van der Waals surface area (Å²) in [4.78, 5) is 36.4. The summed E-state index contributed by atoms with van der Waals surface area (Å²) in [6, 6.07) is 12.5. The molecule has 0 aliphatic carbocycles. The molecule has 8 heteroatoms. The van der Waals surface area contributed by atoms with Crippen LogP contribution in [-0.2, 0) is 9.53 Å². The molecular weight excluding hydrogens is 424 g/mol. The maximum atomic E-state index is 12.6. The van der Waals surface area contributed by atoms with Crippen LogP contribution in [0.5, 0.6) is 5.75 Å². The highest BCUT2D eigenvalue weighted by molar-refractivity contribution is 6.31. The van der Waals surface area contributed by atoms with Gasteiger partial charge in [0.15, 0.2) is 6.61 Å². The number of carbonyl (C=O) groups excluding carboxylic acids is 1. The highest BCUT2D eigenvalue weighted by Gasteiger charge is 2.15. The monoisotopic (exact) mass is 440 g/mol. The van der Waals surface area contributed by atoms with Gasteiger partial charge in [-0.3, -0.25) is 0 Å². The van der Waals surface area contributed by atoms with Crippen molar-refractivity contribution in [1.82, 2.24) is 0 Å². The minimum absolute atomic E-state index is 0.196. The molecule has 2 aromatic carbocycles. The van der Waals surface area contributed by atoms with E-state index < -0.39 is 17.2 Å². The van der Waals surface area contributed by atoms with Crippen molar-refractivity contribution in [3.8, 4) is 16.9 Å². The first kappa shape index (κ1) is 20.7. The Morgan fingerprint density at radius 2 is 1.77 bits per heavy atom. The summed E-state index contributed by atoms with van der Waals surface area (Å²) < 4.78 is 21.1. The molecule has 0 bridgehead atoms. The second-order valence-electron chi connectivity index (χ2n) is 7.09. The third-order valence-electron chi connectivity index (χ3n) is 4.42. The molecule has 31 heavy (non-hydrogen) atoms. The number of carbonyl (C=O) groups is 1. The molecule has 0 aliphatic heterocycles. The number of ether oxygens (including phenoxy) is 2. The first-order valence-corrected chi connectivity index (χ1v) is 9.82. The first-order valence-electron chi connectivity index (χ1n) is 9.44. The number of fused-ring (bicyclic) bond motifs is 2. The van der Waals surface area contributed by atoms with E-state index >= 15 is 0 Å². The van der Waals surface area contributed by atoms with Crippen LogP contribution >= 0.6 is 11.6 Å². The lowest BCUT2D eigenvalue weighted by Crippen LogP contribution is -2.18. The van der Waals surface area contributed by atoms with Gasteiger partial charge >= 0.3 is 17.2 Å². The van der Waals surface area contributed by atoms with Crippen molar-refractivity contribution in [3.05, 3.63) is 74.4 Å². The molecule has 0 radical (unpaired) electrons. The van der Waals surface area contributed by atoms with Crippen molar-refractivity contribution >= 4 is 39.5 Å². The van der Waals surface area contributed by atoms with E-state index in [0.717, 1.165) is 0 Å². The standard InChI is InChI=1S/C23H17ClO7/c1-12(2)29-22(26)11-28-15-4-5-16-17(10-21(25)30-20(16)9-15)18-8-13-7-14(24)3-6-19(13)31-23(18)27/h3-10,12H,11H2,1-2H3. The van der Waals surface area contributed by atoms with Gasteiger partial charge in [-0.1, -0.05) is 11.6 Å². The van der Waals surface area contributed by atoms with Gasteiger partial charge in [0.25, 0.3) is 0 Å². The molecule has 4 rings (SSSR count). The SMILES string of the molecule is CC(C)OC(=O)COc1ccc2c(-c3cc4cc(Cl)ccc4oc3=O)cc(=O)oc2c1. The van der Waals surface area contributed by atoms with Crippen LogP contribution in [0.4, 0.5) is 0 Å². The van der Waals surface area contributed by atoms with Gasteiger partial charge in [0, 0.05) is 33.5 Å². The highest BCUT2D eigenvalue weighted by atomic mass is 35.5. The highest BCUT2D eigenvalue weighted by Crippen LogP contribution is 2.30. The Bertz CT molecular complexity index is 1420. The second-order valence-corrected chi connectivity index (χ2v) is 7.53. The van der Waals surface area contributed by atoms with Crippen LogP contribution in [0.1, 0.15) is 13.8 Å². The number of hydrogen-bond acceptors (Lipinski definition) is 7. The Morgan fingerprint density at radius 3 is 2.55 bits per heavy atom. The second kappa shape index (κ2) is 8.28. The van der Waals surface area contributed by atoms with Gasteiger partial charge in [-0.15, -0.1) is 0 Å². The van der Waals surface area contributed by atoms with Crippen molar-refractivity contribution in [3.63, 3.8) is 0 Å². The zero-order valence-corrected chi connectivity index (χ0v) is 17.4. The smallest absolute Gasteiger partial charge is 0.344 e. The summed E-state index contributed by atoms with van der Waals surface area (Å²) in [5.74, 6) is -0.205. The van der Waals surface area contributed by atoms with Crippen LogP contribution in [0.2, 0.25) is 5.02 Å². The molecule has 7 nitrogen and oxygen atoms in total. The largest absolute Gasteiger partial charge is 0.482 e. The summed E-state index contributed by atoms with van der Waals surface area (Å²) in [5.41, 5.74) is -0.116. The number of esters is 1. The Labute approximate surface area is 180 Å². The van der Waals surface area contributed by atoms with Crippen LogP contribution in [0.25, 0.3) is 33.1 Å². The van der Waals surface area contributed by atoms with E-state index in [1.54, 1.807) is 50.2 Å². The van der Waals surface area contributed by atoms with Crippen molar-refractivity contribution in [2.45, 2.75) is 20.0 Å². The van der Waals surface area contributed by atoms with E-state index in [4.69, 9.17) is 29.9 Å². The predicted octanol–water partition coefficient (Wildman–Crippen LogP) is 4.55. The lowest BCUT2D eigenvalue weighted by atomic mass is 10.0. The first-order chi connectivity index (χ1) is 14.8. The predicted molar refractivity (Wildman–Crippen MR) is 116 cm³/mol. The molecular formula is C23H17ClO7. The normalized spacial score (nSPS) is 11.2. The van der Waals surface area contributed by atoms with E-state index in [1.165, 1.54) is 12.1 Å². The maximum absolute atomic E-state index is 12.6. The lowest BCUT2D eigenvalue weighted by molar-refractivity contribution is -0.149. The Balaban J connectivity index is 1.76. The summed E-state index contributed by atoms with van der Waals surface area (Å²) in [6.07, 6.45) is -0.253. The van der Waals surface area contributed by atoms with Gasteiger partial charge < -0.3 is 18.3 Å². The molecule has 2 heterocycles. The molecule has 2 aromatic heterocycles. The Hall–Kier alpha value is -3.58. The molecule has 0 N–H and O–H groups in total. The van der Waals surface area contributed by atoms with Gasteiger partial charge in [0.2, 0.25) is 0 Å². The molecule has 0 aliphatic rings. The topological polar surface area (TPSA) is 96.0 Å². The van der Waals surface area contributed by atoms with Gasteiger partial charge in [-0.25, -0.2) is 14.4 Å². The summed E-state index contributed by atoms with van der Waals surface area (Å²) in [6.45, 7) is 3.19. The molecule has 0 saturated carbocycles. The fourth-order valence-corrected chi connectivity index (χ4v) is 3.36. The average molecular weight is 441 g/mol. The zero-order valence-electron chi connectivity index (χ0n) is 16.6. The molecule has 0 fully saturated rings. The summed E-state index contributed by atoms with van der Waals surface area (Å²) in [7, 11) is 0. The lowest BCUT2D eigenvalue weighted by Gasteiger charge is -2.10. The van der Waals surface area contributed by atoms with Crippen LogP contribution in [0, 0.1) is 0 Å². The van der Waals surface area contributed by atoms with Gasteiger partial charge in [0.05, 0.1) is 11.7 Å². The minimum atomic E-state index is -0.649. The molecule has 0 spiro atoms. The number of halogens is 1. The summed E-state index contributed by atoms with van der Waals surface area (Å²) in [5, 5.41) is 1.61. The zero-order chi connectivity index (χ0) is 22.1.